The molecule has 0 unspecified atom stereocenters. The maximum Gasteiger partial charge on any atom is 0.408 e. The lowest BCUT2D eigenvalue weighted by atomic mass is 9.85. The molecule has 3 heterocycles. The molecule has 14 nitrogen and oxygen atoms in total. The van der Waals surface area contributed by atoms with E-state index in [1.54, 1.807) is 33.9 Å². The molecule has 2 aliphatic carbocycles. The minimum Gasteiger partial charge on any atom is -0.491 e. The Morgan fingerprint density at radius 1 is 1.12 bits per heavy atom. The maximum atomic E-state index is 15.1. The highest BCUT2D eigenvalue weighted by atomic mass is 32.2. The molecule has 15 heteroatoms. The Hall–Kier alpha value is -4.40. The van der Waals surface area contributed by atoms with Gasteiger partial charge in [0.2, 0.25) is 27.7 Å². The van der Waals surface area contributed by atoms with Crippen LogP contribution in [0.4, 0.5) is 4.79 Å². The third-order valence-corrected chi connectivity index (χ3v) is 13.9. The van der Waals surface area contributed by atoms with Crippen LogP contribution >= 0.6 is 0 Å². The van der Waals surface area contributed by atoms with Gasteiger partial charge in [-0.1, -0.05) is 26.0 Å². The zero-order chi connectivity index (χ0) is 41.0. The van der Waals surface area contributed by atoms with Crippen molar-refractivity contribution in [1.82, 2.24) is 24.8 Å². The summed E-state index contributed by atoms with van der Waals surface area (Å²) in [5, 5.41) is 15.0. The van der Waals surface area contributed by atoms with Crippen LogP contribution in [0.15, 0.2) is 42.6 Å². The number of sulfonamides is 1. The number of aromatic nitrogens is 1. The van der Waals surface area contributed by atoms with E-state index in [1.807, 2.05) is 57.2 Å². The van der Waals surface area contributed by atoms with Crippen molar-refractivity contribution in [2.75, 3.05) is 6.54 Å². The standard InChI is InChI=1S/C41H57N5O9S/c1-24(2)54-29-13-14-31-27(20-29)15-18-42-35(31)55-30-21-32-34(47)43-41(37(49)44-56(52,53)40(8)16-17-40)22-28(41)12-10-9-11-25(3)19-26(4)33(36(48)45(32)23-30)46(38(50)51)39(5,6)7/h10,12-15,18,20,24-26,28,30,32-33H,9,11,16-17,19,21-23H2,1-8H3,(H,43,47)(H,44,49)(H,50,51)/b12-10-/t25-,26+,28+,30+,32-,33-,41+/m0/s1. The van der Waals surface area contributed by atoms with E-state index < -0.39 is 79.7 Å². The number of nitrogens with zero attached hydrogens (tertiary/aromatic N) is 3. The molecule has 7 atom stereocenters. The highest BCUT2D eigenvalue weighted by molar-refractivity contribution is 7.91. The Labute approximate surface area is 329 Å². The molecule has 2 saturated carbocycles. The van der Waals surface area contributed by atoms with E-state index in [9.17, 15) is 27.9 Å². The quantitative estimate of drug-likeness (QED) is 0.292. The van der Waals surface area contributed by atoms with Crippen molar-refractivity contribution in [3.05, 3.63) is 42.6 Å². The van der Waals surface area contributed by atoms with E-state index in [4.69, 9.17) is 9.47 Å². The van der Waals surface area contributed by atoms with Gasteiger partial charge in [0.25, 0.3) is 5.91 Å². The van der Waals surface area contributed by atoms with E-state index in [1.165, 1.54) is 9.80 Å². The number of hydrogen-bond donors (Lipinski definition) is 3. The van der Waals surface area contributed by atoms with E-state index >= 15 is 4.79 Å². The summed E-state index contributed by atoms with van der Waals surface area (Å²) in [4.78, 5) is 63.7. The second kappa shape index (κ2) is 15.2. The van der Waals surface area contributed by atoms with Gasteiger partial charge in [-0.2, -0.15) is 0 Å². The van der Waals surface area contributed by atoms with Crippen LogP contribution in [0.3, 0.4) is 0 Å². The zero-order valence-electron chi connectivity index (χ0n) is 33.7. The van der Waals surface area contributed by atoms with Gasteiger partial charge >= 0.3 is 6.09 Å². The molecule has 0 spiro atoms. The molecule has 306 valence electrons. The Balaban J connectivity index is 1.38. The van der Waals surface area contributed by atoms with E-state index in [0.717, 1.165) is 11.8 Å². The number of carbonyl (C=O) groups excluding carboxylic acids is 3. The average molecular weight is 796 g/mol. The van der Waals surface area contributed by atoms with Gasteiger partial charge < -0.3 is 24.8 Å². The summed E-state index contributed by atoms with van der Waals surface area (Å²) in [6, 6.07) is 5.06. The molecule has 3 N–H and O–H groups in total. The first-order valence-corrected chi connectivity index (χ1v) is 21.2. The van der Waals surface area contributed by atoms with Gasteiger partial charge in [-0.15, -0.1) is 0 Å². The third-order valence-electron chi connectivity index (χ3n) is 11.8. The second-order valence-electron chi connectivity index (χ2n) is 17.9. The summed E-state index contributed by atoms with van der Waals surface area (Å²) in [5.41, 5.74) is -2.52. The van der Waals surface area contributed by atoms with Crippen molar-refractivity contribution < 1.29 is 42.2 Å². The van der Waals surface area contributed by atoms with Gasteiger partial charge in [-0.25, -0.2) is 18.2 Å². The molecule has 1 aromatic heterocycles. The van der Waals surface area contributed by atoms with Crippen molar-refractivity contribution in [2.45, 2.75) is 140 Å². The highest BCUT2D eigenvalue weighted by Crippen LogP contribution is 2.48. The summed E-state index contributed by atoms with van der Waals surface area (Å²) in [6.45, 7) is 14.5. The number of nitrogens with one attached hydrogen (secondary N) is 2. The molecule has 0 radical (unpaired) electrons. The highest BCUT2D eigenvalue weighted by Gasteiger charge is 2.63. The van der Waals surface area contributed by atoms with Crippen LogP contribution in [0.25, 0.3) is 10.8 Å². The normalized spacial score (nSPS) is 29.9. The van der Waals surface area contributed by atoms with Gasteiger partial charge in [0, 0.05) is 29.5 Å². The lowest BCUT2D eigenvalue weighted by molar-refractivity contribution is -0.146. The lowest BCUT2D eigenvalue weighted by Crippen LogP contribution is -2.62. The summed E-state index contributed by atoms with van der Waals surface area (Å²) in [7, 11) is -4.01. The second-order valence-corrected chi connectivity index (χ2v) is 20.1. The third kappa shape index (κ3) is 8.33. The smallest absolute Gasteiger partial charge is 0.408 e. The molecule has 1 aromatic carbocycles. The molecular formula is C41H57N5O9S. The number of carboxylic acid groups (broad SMARTS) is 1. The van der Waals surface area contributed by atoms with Crippen molar-refractivity contribution in [3.63, 3.8) is 0 Å². The predicted molar refractivity (Wildman–Crippen MR) is 210 cm³/mol. The fourth-order valence-corrected chi connectivity index (χ4v) is 9.60. The first kappa shape index (κ1) is 41.2. The molecule has 2 aliphatic heterocycles. The molecule has 1 saturated heterocycles. The fraction of sp³-hybridized carbons (Fsp3) is 0.634. The molecular weight excluding hydrogens is 739 g/mol. The maximum absolute atomic E-state index is 15.1. The molecule has 56 heavy (non-hydrogen) atoms. The van der Waals surface area contributed by atoms with E-state index in [-0.39, 0.29) is 31.4 Å². The van der Waals surface area contributed by atoms with Crippen LogP contribution in [0.5, 0.6) is 11.6 Å². The van der Waals surface area contributed by atoms with Gasteiger partial charge in [-0.05, 0) is 122 Å². The number of benzene rings is 1. The lowest BCUT2D eigenvalue weighted by Gasteiger charge is -2.43. The first-order valence-electron chi connectivity index (χ1n) is 19.8. The van der Waals surface area contributed by atoms with Crippen molar-refractivity contribution in [2.24, 2.45) is 17.8 Å². The minimum absolute atomic E-state index is 0.0128. The number of amides is 4. The molecule has 2 aromatic rings. The van der Waals surface area contributed by atoms with Gasteiger partial charge in [0.05, 0.1) is 17.4 Å². The molecule has 4 aliphatic rings. The SMILES string of the molecule is CC(C)Oc1ccc2c(O[C@@H]3C[C@H]4C(=O)N[C@]5(C(=O)NS(=O)(=O)C6(C)CC6)C[C@H]5/C=C\CC[C@H](C)C[C@@H](C)[C@H](N(C(=O)O)C(C)(C)C)C(=O)N4C3)nccc2c1. The number of allylic oxidation sites excluding steroid dienone is 1. The van der Waals surface area contributed by atoms with Crippen LogP contribution in [-0.2, 0) is 24.4 Å². The Kier molecular flexibility index (Phi) is 11.2. The van der Waals surface area contributed by atoms with Crippen LogP contribution in [0.2, 0.25) is 0 Å². The number of fused-ring (bicyclic) bond motifs is 3. The van der Waals surface area contributed by atoms with Crippen LogP contribution in [0.1, 0.15) is 100 Å². The van der Waals surface area contributed by atoms with Crippen molar-refractivity contribution in [1.29, 1.82) is 0 Å². The fourth-order valence-electron chi connectivity index (χ4n) is 8.29. The average Bonchev–Trinajstić information content (AvgIpc) is 3.97. The largest absolute Gasteiger partial charge is 0.491 e. The number of ether oxygens (including phenoxy) is 2. The van der Waals surface area contributed by atoms with E-state index in [0.29, 0.717) is 42.7 Å². The predicted octanol–water partition coefficient (Wildman–Crippen LogP) is 5.40. The summed E-state index contributed by atoms with van der Waals surface area (Å²) < 4.78 is 40.0. The topological polar surface area (TPSA) is 185 Å². The Morgan fingerprint density at radius 3 is 2.48 bits per heavy atom. The number of hydrogen-bond acceptors (Lipinski definition) is 9. The molecule has 3 fully saturated rings. The van der Waals surface area contributed by atoms with Crippen LogP contribution in [0, 0.1) is 17.8 Å². The summed E-state index contributed by atoms with van der Waals surface area (Å²) >= 11 is 0. The first-order chi connectivity index (χ1) is 26.2. The van der Waals surface area contributed by atoms with Gasteiger partial charge in [0.1, 0.15) is 29.5 Å². The molecule has 6 rings (SSSR count). The molecule has 0 bridgehead atoms. The summed E-state index contributed by atoms with van der Waals surface area (Å²) in [5.74, 6) is -1.82. The number of carbonyl (C=O) groups is 4. The van der Waals surface area contributed by atoms with Crippen molar-refractivity contribution >= 4 is 44.6 Å². The number of rotatable bonds is 8. The Morgan fingerprint density at radius 2 is 1.84 bits per heavy atom. The van der Waals surface area contributed by atoms with E-state index in [2.05, 4.69) is 21.9 Å². The number of pyridine rings is 1. The van der Waals surface area contributed by atoms with Crippen molar-refractivity contribution in [3.8, 4) is 11.6 Å². The monoisotopic (exact) mass is 795 g/mol. The van der Waals surface area contributed by atoms with Gasteiger partial charge in [-0.3, -0.25) is 24.0 Å². The van der Waals surface area contributed by atoms with Crippen LogP contribution in [-0.4, -0.2) is 98.8 Å². The van der Waals surface area contributed by atoms with Crippen LogP contribution < -0.4 is 19.5 Å². The molecule has 4 amide bonds. The summed E-state index contributed by atoms with van der Waals surface area (Å²) in [6.07, 6.45) is 6.38. The Bertz CT molecular complexity index is 2010. The zero-order valence-corrected chi connectivity index (χ0v) is 34.5. The van der Waals surface area contributed by atoms with Gasteiger partial charge in [0.15, 0.2) is 0 Å². The minimum atomic E-state index is -4.01.